The summed E-state index contributed by atoms with van der Waals surface area (Å²) in [4.78, 5) is 12.0. The van der Waals surface area contributed by atoms with E-state index in [1.807, 2.05) is 0 Å². The summed E-state index contributed by atoms with van der Waals surface area (Å²) in [6.45, 7) is 0.225. The number of hydrogen-bond acceptors (Lipinski definition) is 2. The van der Waals surface area contributed by atoms with Gasteiger partial charge in [0.15, 0.2) is 0 Å². The number of thiocarbonyl (C=S) groups is 1. The summed E-state index contributed by atoms with van der Waals surface area (Å²) in [5.41, 5.74) is 3.94. The van der Waals surface area contributed by atoms with E-state index in [1.54, 1.807) is 0 Å². The molecule has 0 aromatic heterocycles. The van der Waals surface area contributed by atoms with Crippen LogP contribution in [0.1, 0.15) is 28.8 Å². The molecule has 0 aliphatic carbocycles. The van der Waals surface area contributed by atoms with Gasteiger partial charge in [0, 0.05) is 6.54 Å². The number of alkyl halides is 3. The van der Waals surface area contributed by atoms with Crippen molar-refractivity contribution in [3.05, 3.63) is 35.4 Å². The minimum absolute atomic E-state index is 0.225. The fourth-order valence-electron chi connectivity index (χ4n) is 1.49. The molecule has 0 fully saturated rings. The molecule has 3 N–H and O–H groups in total. The number of carbonyl (C=O) groups excluding carboxylic acids is 1. The molecule has 0 atom stereocenters. The quantitative estimate of drug-likeness (QED) is 0.647. The largest absolute Gasteiger partial charge is 0.417 e. The highest BCUT2D eigenvalue weighted by atomic mass is 32.1. The second-order valence-electron chi connectivity index (χ2n) is 3.87. The Kier molecular flexibility index (Phi) is 5.29. The van der Waals surface area contributed by atoms with Gasteiger partial charge in [-0.25, -0.2) is 0 Å². The van der Waals surface area contributed by atoms with Gasteiger partial charge >= 0.3 is 6.18 Å². The third kappa shape index (κ3) is 4.86. The number of halogens is 3. The van der Waals surface area contributed by atoms with Gasteiger partial charge < -0.3 is 11.1 Å². The zero-order valence-corrected chi connectivity index (χ0v) is 10.8. The molecule has 0 bridgehead atoms. The van der Waals surface area contributed by atoms with Gasteiger partial charge in [0.25, 0.3) is 5.91 Å². The van der Waals surface area contributed by atoms with E-state index in [9.17, 15) is 18.0 Å². The lowest BCUT2D eigenvalue weighted by Gasteiger charge is -2.12. The van der Waals surface area contributed by atoms with Crippen LogP contribution in [-0.4, -0.2) is 17.4 Å². The average Bonchev–Trinajstić information content (AvgIpc) is 2.33. The van der Waals surface area contributed by atoms with Crippen molar-refractivity contribution in [3.63, 3.8) is 0 Å². The number of nitrogens with two attached hydrogens (primary N) is 1. The van der Waals surface area contributed by atoms with Gasteiger partial charge in [-0.1, -0.05) is 24.4 Å². The highest BCUT2D eigenvalue weighted by Gasteiger charge is 2.34. The van der Waals surface area contributed by atoms with Crippen LogP contribution in [0.25, 0.3) is 0 Å². The van der Waals surface area contributed by atoms with Crippen molar-refractivity contribution in [2.75, 3.05) is 6.54 Å². The van der Waals surface area contributed by atoms with Crippen LogP contribution in [0.4, 0.5) is 13.2 Å². The third-order valence-corrected chi connectivity index (χ3v) is 2.57. The first kappa shape index (κ1) is 15.4. The fraction of sp³-hybridized carbons (Fsp3) is 0.333. The molecule has 104 valence electrons. The number of rotatable bonds is 5. The third-order valence-electron chi connectivity index (χ3n) is 2.36. The summed E-state index contributed by atoms with van der Waals surface area (Å²) in [7, 11) is 0. The maximum Gasteiger partial charge on any atom is 0.417 e. The van der Waals surface area contributed by atoms with E-state index < -0.39 is 17.6 Å². The molecule has 0 radical (unpaired) electrons. The zero-order chi connectivity index (χ0) is 14.5. The van der Waals surface area contributed by atoms with E-state index in [4.69, 9.17) is 5.73 Å². The smallest absolute Gasteiger partial charge is 0.393 e. The lowest BCUT2D eigenvalue weighted by atomic mass is 10.1. The summed E-state index contributed by atoms with van der Waals surface area (Å²) in [6, 6.07) is 4.65. The topological polar surface area (TPSA) is 55.1 Å². The van der Waals surface area contributed by atoms with Crippen LogP contribution in [0.3, 0.4) is 0 Å². The van der Waals surface area contributed by atoms with E-state index in [-0.39, 0.29) is 12.1 Å². The fourth-order valence-corrected chi connectivity index (χ4v) is 1.63. The van der Waals surface area contributed by atoms with Gasteiger partial charge in [0.2, 0.25) is 0 Å². The van der Waals surface area contributed by atoms with Crippen molar-refractivity contribution in [2.45, 2.75) is 19.0 Å². The Hall–Kier alpha value is -1.63. The van der Waals surface area contributed by atoms with Crippen molar-refractivity contribution in [1.82, 2.24) is 5.32 Å². The average molecular weight is 290 g/mol. The Bertz CT molecular complexity index is 474. The summed E-state index contributed by atoms with van der Waals surface area (Å²) in [6.07, 6.45) is -3.61. The standard InChI is InChI=1S/C12H13F3N2OS/c13-12(14,15)9-5-2-1-4-8(9)11(18)17-7-3-6-10(16)19/h1-2,4-5H,3,6-7H2,(H2,16,19)(H,17,18). The van der Waals surface area contributed by atoms with Gasteiger partial charge in [-0.3, -0.25) is 4.79 Å². The van der Waals surface area contributed by atoms with Crippen LogP contribution in [-0.2, 0) is 6.18 Å². The van der Waals surface area contributed by atoms with E-state index in [0.717, 1.165) is 12.1 Å². The Balaban J connectivity index is 2.70. The Morgan fingerprint density at radius 3 is 2.53 bits per heavy atom. The normalized spacial score (nSPS) is 11.1. The predicted molar refractivity (Wildman–Crippen MR) is 69.8 cm³/mol. The maximum absolute atomic E-state index is 12.7. The zero-order valence-electron chi connectivity index (χ0n) is 9.96. The Labute approximate surface area is 114 Å². The molecule has 0 saturated carbocycles. The van der Waals surface area contributed by atoms with Gasteiger partial charge in [-0.2, -0.15) is 13.2 Å². The summed E-state index contributed by atoms with van der Waals surface area (Å²) in [5.74, 6) is -0.754. The van der Waals surface area contributed by atoms with Crippen molar-refractivity contribution in [3.8, 4) is 0 Å². The van der Waals surface area contributed by atoms with Crippen LogP contribution in [0.15, 0.2) is 24.3 Å². The lowest BCUT2D eigenvalue weighted by molar-refractivity contribution is -0.137. The Morgan fingerprint density at radius 1 is 1.32 bits per heavy atom. The van der Waals surface area contributed by atoms with Crippen molar-refractivity contribution in [1.29, 1.82) is 0 Å². The number of carbonyl (C=O) groups is 1. The van der Waals surface area contributed by atoms with Crippen LogP contribution in [0.2, 0.25) is 0 Å². The molecule has 3 nitrogen and oxygen atoms in total. The monoisotopic (exact) mass is 290 g/mol. The molecule has 1 rings (SSSR count). The van der Waals surface area contributed by atoms with Crippen LogP contribution in [0.5, 0.6) is 0 Å². The van der Waals surface area contributed by atoms with Gasteiger partial charge in [0.05, 0.1) is 16.1 Å². The first-order valence-electron chi connectivity index (χ1n) is 5.55. The second-order valence-corrected chi connectivity index (χ2v) is 4.39. The highest BCUT2D eigenvalue weighted by molar-refractivity contribution is 7.80. The second kappa shape index (κ2) is 6.51. The van der Waals surface area contributed by atoms with Crippen molar-refractivity contribution >= 4 is 23.1 Å². The van der Waals surface area contributed by atoms with E-state index in [1.165, 1.54) is 12.1 Å². The van der Waals surface area contributed by atoms with E-state index in [0.29, 0.717) is 17.8 Å². The number of benzene rings is 1. The molecule has 1 amide bonds. The van der Waals surface area contributed by atoms with E-state index >= 15 is 0 Å². The summed E-state index contributed by atoms with van der Waals surface area (Å²) >= 11 is 4.65. The van der Waals surface area contributed by atoms with Gasteiger partial charge in [0.1, 0.15) is 0 Å². The molecule has 1 aromatic carbocycles. The molecular formula is C12H13F3N2OS. The molecule has 0 aliphatic heterocycles. The highest BCUT2D eigenvalue weighted by Crippen LogP contribution is 2.31. The molecule has 19 heavy (non-hydrogen) atoms. The number of hydrogen-bond donors (Lipinski definition) is 2. The molecule has 7 heteroatoms. The van der Waals surface area contributed by atoms with Gasteiger partial charge in [-0.05, 0) is 25.0 Å². The van der Waals surface area contributed by atoms with Crippen LogP contribution >= 0.6 is 12.2 Å². The molecule has 0 spiro atoms. The van der Waals surface area contributed by atoms with Crippen molar-refractivity contribution in [2.24, 2.45) is 5.73 Å². The molecular weight excluding hydrogens is 277 g/mol. The van der Waals surface area contributed by atoms with Gasteiger partial charge in [-0.15, -0.1) is 0 Å². The molecule has 0 heterocycles. The first-order chi connectivity index (χ1) is 8.82. The predicted octanol–water partition coefficient (Wildman–Crippen LogP) is 2.50. The summed E-state index contributed by atoms with van der Waals surface area (Å²) in [5, 5.41) is 2.41. The van der Waals surface area contributed by atoms with Crippen LogP contribution < -0.4 is 11.1 Å². The molecule has 0 unspecified atom stereocenters. The van der Waals surface area contributed by atoms with Crippen molar-refractivity contribution < 1.29 is 18.0 Å². The minimum Gasteiger partial charge on any atom is -0.393 e. The maximum atomic E-state index is 12.7. The van der Waals surface area contributed by atoms with E-state index in [2.05, 4.69) is 17.5 Å². The minimum atomic E-state index is -4.55. The number of amides is 1. The van der Waals surface area contributed by atoms with Crippen LogP contribution in [0, 0.1) is 0 Å². The Morgan fingerprint density at radius 2 is 1.95 bits per heavy atom. The number of nitrogens with one attached hydrogen (secondary N) is 1. The molecule has 0 saturated heterocycles. The first-order valence-corrected chi connectivity index (χ1v) is 5.96. The lowest BCUT2D eigenvalue weighted by Crippen LogP contribution is -2.27. The molecule has 0 aliphatic rings. The summed E-state index contributed by atoms with van der Waals surface area (Å²) < 4.78 is 38.1. The SMILES string of the molecule is NC(=S)CCCNC(=O)c1ccccc1C(F)(F)F. The molecule has 1 aromatic rings.